The maximum atomic E-state index is 11.1. The van der Waals surface area contributed by atoms with Gasteiger partial charge in [-0.1, -0.05) is 61.6 Å². The first-order valence-corrected chi connectivity index (χ1v) is 9.67. The minimum atomic E-state index is -0.295. The lowest BCUT2D eigenvalue weighted by molar-refractivity contribution is -0.137. The van der Waals surface area contributed by atoms with Gasteiger partial charge in [-0.2, -0.15) is 0 Å². The van der Waals surface area contributed by atoms with Gasteiger partial charge in [-0.3, -0.25) is 0 Å². The Morgan fingerprint density at radius 1 is 0.846 bits per heavy atom. The molecule has 0 aromatic carbocycles. The first-order chi connectivity index (χ1) is 12.8. The van der Waals surface area contributed by atoms with Crippen molar-refractivity contribution in [2.45, 2.75) is 58.8 Å². The zero-order chi connectivity index (χ0) is 19.1. The molecule has 0 aromatic heterocycles. The van der Waals surface area contributed by atoms with Gasteiger partial charge < -0.3 is 4.74 Å². The van der Waals surface area contributed by atoms with Gasteiger partial charge >= 0.3 is 5.97 Å². The third kappa shape index (κ3) is 19.7. The van der Waals surface area contributed by atoms with E-state index in [2.05, 4.69) is 55.2 Å². The summed E-state index contributed by atoms with van der Waals surface area (Å²) in [4.78, 5) is 11.1. The van der Waals surface area contributed by atoms with Crippen LogP contribution in [0, 0.1) is 0 Å². The Hall–Kier alpha value is -2.31. The quantitative estimate of drug-likeness (QED) is 0.0857. The summed E-state index contributed by atoms with van der Waals surface area (Å²) in [5, 5.41) is 0. The molecule has 0 saturated heterocycles. The Morgan fingerprint density at radius 2 is 1.58 bits per heavy atom. The molecule has 0 spiro atoms. The van der Waals surface area contributed by atoms with Crippen LogP contribution in [0.4, 0.5) is 0 Å². The van der Waals surface area contributed by atoms with Crippen molar-refractivity contribution >= 4 is 5.97 Å². The van der Waals surface area contributed by atoms with Gasteiger partial charge in [0.15, 0.2) is 0 Å². The van der Waals surface area contributed by atoms with Crippen LogP contribution in [-0.2, 0) is 9.53 Å². The SMILES string of the molecule is CC/C=C/C/C=C/C=C=CCCCC/C=C/C/C=C/C=C/C(=O)OCC. The molecule has 0 aliphatic rings. The number of rotatable bonds is 14. The lowest BCUT2D eigenvalue weighted by Crippen LogP contribution is -1.98. The average molecular weight is 355 g/mol. The second-order valence-electron chi connectivity index (χ2n) is 5.61. The molecular formula is C24H34O2. The molecule has 0 unspecified atom stereocenters. The fourth-order valence-electron chi connectivity index (χ4n) is 1.98. The minimum Gasteiger partial charge on any atom is -0.463 e. The van der Waals surface area contributed by atoms with E-state index in [1.54, 1.807) is 13.0 Å². The van der Waals surface area contributed by atoms with Crippen LogP contribution in [0.25, 0.3) is 0 Å². The van der Waals surface area contributed by atoms with Crippen LogP contribution in [0.5, 0.6) is 0 Å². The highest BCUT2D eigenvalue weighted by Crippen LogP contribution is 2.02. The number of allylic oxidation sites excluding steroid dienone is 10. The van der Waals surface area contributed by atoms with Crippen LogP contribution in [0.1, 0.15) is 58.8 Å². The van der Waals surface area contributed by atoms with Crippen molar-refractivity contribution in [2.75, 3.05) is 6.61 Å². The van der Waals surface area contributed by atoms with Crippen molar-refractivity contribution in [3.8, 4) is 0 Å². The molecule has 0 rings (SSSR count). The van der Waals surface area contributed by atoms with E-state index in [0.717, 1.165) is 32.1 Å². The molecule has 0 atom stereocenters. The molecule has 0 aliphatic heterocycles. The van der Waals surface area contributed by atoms with Crippen LogP contribution in [0.15, 0.2) is 78.6 Å². The first kappa shape index (κ1) is 23.7. The fourth-order valence-corrected chi connectivity index (χ4v) is 1.98. The largest absolute Gasteiger partial charge is 0.463 e. The highest BCUT2D eigenvalue weighted by molar-refractivity contribution is 5.82. The third-order valence-electron chi connectivity index (χ3n) is 3.30. The standard InChI is InChI=1S/C24H34O2/c1-3-5-6-7-8-9-10-11-12-13-14-15-16-17-18-19-20-21-22-23-24(25)26-4-2/h5-6,8-10,12,17-18,20-23H,3-4,7,13-16,19H2,1-2H3/b6-5+,9-8+,18-17+,21-20+,23-22+. The number of carbonyl (C=O) groups is 1. The molecule has 0 bridgehead atoms. The van der Waals surface area contributed by atoms with Crippen LogP contribution >= 0.6 is 0 Å². The Kier molecular flexibility index (Phi) is 18.9. The van der Waals surface area contributed by atoms with Crippen molar-refractivity contribution in [3.05, 3.63) is 78.6 Å². The van der Waals surface area contributed by atoms with E-state index in [-0.39, 0.29) is 5.97 Å². The molecule has 0 amide bonds. The molecule has 0 heterocycles. The first-order valence-electron chi connectivity index (χ1n) is 9.67. The summed E-state index contributed by atoms with van der Waals surface area (Å²) in [6.45, 7) is 4.35. The molecule has 0 radical (unpaired) electrons. The summed E-state index contributed by atoms with van der Waals surface area (Å²) in [5.74, 6) is -0.295. The van der Waals surface area contributed by atoms with Crippen LogP contribution in [0.2, 0.25) is 0 Å². The van der Waals surface area contributed by atoms with Gasteiger partial charge in [0.1, 0.15) is 0 Å². The number of unbranched alkanes of at least 4 members (excludes halogenated alkanes) is 3. The summed E-state index contributed by atoms with van der Waals surface area (Å²) in [6, 6.07) is 0. The van der Waals surface area contributed by atoms with E-state index in [9.17, 15) is 4.79 Å². The number of hydrogen-bond acceptors (Lipinski definition) is 2. The molecule has 0 fully saturated rings. The lowest BCUT2D eigenvalue weighted by Gasteiger charge is -1.92. The van der Waals surface area contributed by atoms with E-state index >= 15 is 0 Å². The second kappa shape index (κ2) is 20.7. The summed E-state index contributed by atoms with van der Waals surface area (Å²) < 4.78 is 4.79. The van der Waals surface area contributed by atoms with Gasteiger partial charge in [-0.25, -0.2) is 4.79 Å². The summed E-state index contributed by atoms with van der Waals surface area (Å²) in [5.41, 5.74) is 3.20. The maximum Gasteiger partial charge on any atom is 0.330 e. The normalized spacial score (nSPS) is 11.9. The van der Waals surface area contributed by atoms with E-state index < -0.39 is 0 Å². The predicted octanol–water partition coefficient (Wildman–Crippen LogP) is 6.79. The number of carbonyl (C=O) groups excluding carboxylic acids is 1. The molecule has 142 valence electrons. The zero-order valence-electron chi connectivity index (χ0n) is 16.4. The van der Waals surface area contributed by atoms with Crippen LogP contribution in [0.3, 0.4) is 0 Å². The average Bonchev–Trinajstić information content (AvgIpc) is 2.64. The van der Waals surface area contributed by atoms with Crippen molar-refractivity contribution in [1.82, 2.24) is 0 Å². The van der Waals surface area contributed by atoms with Gasteiger partial charge in [-0.05, 0) is 64.0 Å². The Labute approximate surface area is 160 Å². The highest BCUT2D eigenvalue weighted by atomic mass is 16.5. The van der Waals surface area contributed by atoms with E-state index in [1.165, 1.54) is 18.9 Å². The minimum absolute atomic E-state index is 0.295. The molecule has 2 heteroatoms. The summed E-state index contributed by atoms with van der Waals surface area (Å²) in [7, 11) is 0. The Morgan fingerprint density at radius 3 is 2.35 bits per heavy atom. The summed E-state index contributed by atoms with van der Waals surface area (Å²) in [6.07, 6.45) is 31.6. The zero-order valence-corrected chi connectivity index (χ0v) is 16.4. The highest BCUT2D eigenvalue weighted by Gasteiger charge is 1.89. The predicted molar refractivity (Wildman–Crippen MR) is 113 cm³/mol. The number of ether oxygens (including phenoxy) is 1. The smallest absolute Gasteiger partial charge is 0.330 e. The maximum absolute atomic E-state index is 11.1. The van der Waals surface area contributed by atoms with E-state index in [0.29, 0.717) is 6.61 Å². The van der Waals surface area contributed by atoms with Gasteiger partial charge in [0, 0.05) is 6.08 Å². The van der Waals surface area contributed by atoms with Crippen molar-refractivity contribution in [3.63, 3.8) is 0 Å². The van der Waals surface area contributed by atoms with E-state index in [4.69, 9.17) is 4.74 Å². The fraction of sp³-hybridized carbons (Fsp3) is 0.417. The molecule has 0 saturated carbocycles. The molecule has 0 aliphatic carbocycles. The topological polar surface area (TPSA) is 26.3 Å². The second-order valence-corrected chi connectivity index (χ2v) is 5.61. The Balaban J connectivity index is 3.59. The van der Waals surface area contributed by atoms with E-state index in [1.807, 2.05) is 18.2 Å². The monoisotopic (exact) mass is 354 g/mol. The third-order valence-corrected chi connectivity index (χ3v) is 3.30. The lowest BCUT2D eigenvalue weighted by atomic mass is 10.2. The van der Waals surface area contributed by atoms with Crippen LogP contribution in [-0.4, -0.2) is 12.6 Å². The van der Waals surface area contributed by atoms with Crippen molar-refractivity contribution in [2.24, 2.45) is 0 Å². The van der Waals surface area contributed by atoms with Crippen LogP contribution < -0.4 is 0 Å². The number of esters is 1. The van der Waals surface area contributed by atoms with Crippen molar-refractivity contribution in [1.29, 1.82) is 0 Å². The van der Waals surface area contributed by atoms with Gasteiger partial charge in [0.05, 0.1) is 6.61 Å². The van der Waals surface area contributed by atoms with Gasteiger partial charge in [-0.15, -0.1) is 5.73 Å². The molecular weight excluding hydrogens is 320 g/mol. The molecule has 2 nitrogen and oxygen atoms in total. The molecule has 26 heavy (non-hydrogen) atoms. The summed E-state index contributed by atoms with van der Waals surface area (Å²) >= 11 is 0. The van der Waals surface area contributed by atoms with Gasteiger partial charge in [0.2, 0.25) is 0 Å². The molecule has 0 aromatic rings. The molecule has 0 N–H and O–H groups in total. The Bertz CT molecular complexity index is 539. The van der Waals surface area contributed by atoms with Crippen molar-refractivity contribution < 1.29 is 9.53 Å². The van der Waals surface area contributed by atoms with Gasteiger partial charge in [0.25, 0.3) is 0 Å². The number of hydrogen-bond donors (Lipinski definition) is 0.